The van der Waals surface area contributed by atoms with E-state index >= 15 is 0 Å². The van der Waals surface area contributed by atoms with Crippen molar-refractivity contribution in [3.8, 4) is 27.8 Å². The van der Waals surface area contributed by atoms with E-state index in [1.165, 1.54) is 12.1 Å². The van der Waals surface area contributed by atoms with E-state index < -0.39 is 11.8 Å². The van der Waals surface area contributed by atoms with E-state index in [2.05, 4.69) is 11.1 Å². The molecule has 0 radical (unpaired) electrons. The van der Waals surface area contributed by atoms with Crippen molar-refractivity contribution < 1.29 is 14.3 Å². The zero-order chi connectivity index (χ0) is 17.3. The number of halogens is 1. The molecular weight excluding hydrogens is 327 g/mol. The summed E-state index contributed by atoms with van der Waals surface area (Å²) in [4.78, 5) is 15.3. The third-order valence-corrected chi connectivity index (χ3v) is 4.71. The fourth-order valence-electron chi connectivity index (χ4n) is 2.40. The average molecular weight is 338 g/mol. The van der Waals surface area contributed by atoms with Crippen LogP contribution in [0.3, 0.4) is 0 Å². The summed E-state index contributed by atoms with van der Waals surface area (Å²) >= 11 is 0.896. The van der Waals surface area contributed by atoms with Crippen molar-refractivity contribution in [3.63, 3.8) is 0 Å². The van der Waals surface area contributed by atoms with Gasteiger partial charge < -0.3 is 5.11 Å². The number of hydrogen-bond acceptors (Lipinski definition) is 4. The van der Waals surface area contributed by atoms with Gasteiger partial charge >= 0.3 is 5.97 Å². The molecule has 0 fully saturated rings. The maximum atomic E-state index is 14.6. The minimum Gasteiger partial charge on any atom is -0.477 e. The molecule has 3 aromatic rings. The summed E-state index contributed by atoms with van der Waals surface area (Å²) in [5, 5.41) is 18.8. The quantitative estimate of drug-likeness (QED) is 0.763. The Morgan fingerprint density at radius 2 is 1.96 bits per heavy atom. The Morgan fingerprint density at radius 3 is 2.54 bits per heavy atom. The van der Waals surface area contributed by atoms with E-state index in [1.54, 1.807) is 19.1 Å². The number of aryl methyl sites for hydroxylation is 1. The molecule has 0 amide bonds. The Labute approximate surface area is 141 Å². The lowest BCUT2D eigenvalue weighted by Gasteiger charge is -2.07. The monoisotopic (exact) mass is 338 g/mol. The summed E-state index contributed by atoms with van der Waals surface area (Å²) in [6, 6.07) is 13.8. The number of carboxylic acid groups (broad SMARTS) is 1. The summed E-state index contributed by atoms with van der Waals surface area (Å²) in [5.41, 5.74) is 1.99. The molecule has 0 unspecified atom stereocenters. The van der Waals surface area contributed by atoms with Gasteiger partial charge in [-0.3, -0.25) is 0 Å². The molecule has 3 rings (SSSR count). The summed E-state index contributed by atoms with van der Waals surface area (Å²) in [7, 11) is 0. The molecule has 0 saturated heterocycles. The van der Waals surface area contributed by atoms with Gasteiger partial charge in [0, 0.05) is 11.1 Å². The summed E-state index contributed by atoms with van der Waals surface area (Å²) < 4.78 is 14.6. The number of nitrogens with zero attached hydrogens (tertiary/aromatic N) is 2. The minimum atomic E-state index is -1.10. The van der Waals surface area contributed by atoms with Crippen molar-refractivity contribution in [3.05, 3.63) is 64.4 Å². The highest BCUT2D eigenvalue weighted by Crippen LogP contribution is 2.34. The van der Waals surface area contributed by atoms with Gasteiger partial charge in [0.15, 0.2) is 0 Å². The second kappa shape index (κ2) is 6.22. The van der Waals surface area contributed by atoms with Gasteiger partial charge in [-0.15, -0.1) is 11.3 Å². The Morgan fingerprint density at radius 1 is 1.25 bits per heavy atom. The highest BCUT2D eigenvalue weighted by atomic mass is 32.1. The van der Waals surface area contributed by atoms with Gasteiger partial charge in [-0.25, -0.2) is 14.2 Å². The van der Waals surface area contributed by atoms with Crippen LogP contribution in [0.5, 0.6) is 0 Å². The molecule has 2 aromatic carbocycles. The van der Waals surface area contributed by atoms with Crippen LogP contribution in [-0.2, 0) is 0 Å². The van der Waals surface area contributed by atoms with Gasteiger partial charge in [0.25, 0.3) is 0 Å². The van der Waals surface area contributed by atoms with Crippen LogP contribution in [0.4, 0.5) is 4.39 Å². The zero-order valence-corrected chi connectivity index (χ0v) is 13.4. The Hall–Kier alpha value is -3.04. The number of rotatable bonds is 3. The van der Waals surface area contributed by atoms with Crippen molar-refractivity contribution >= 4 is 17.3 Å². The largest absolute Gasteiger partial charge is 0.477 e. The lowest BCUT2D eigenvalue weighted by molar-refractivity contribution is 0.0701. The molecule has 6 heteroatoms. The third-order valence-electron chi connectivity index (χ3n) is 3.53. The van der Waals surface area contributed by atoms with Crippen molar-refractivity contribution in [2.24, 2.45) is 0 Å². The molecule has 1 N–H and O–H groups in total. The molecule has 1 aromatic heterocycles. The fraction of sp³-hybridized carbons (Fsp3) is 0.0556. The molecule has 1 heterocycles. The SMILES string of the molecule is Cc1nc(-c2cc(C#N)c(-c3ccccc3)cc2F)sc1C(=O)O. The van der Waals surface area contributed by atoms with Gasteiger partial charge in [0.1, 0.15) is 15.7 Å². The minimum absolute atomic E-state index is 0.0649. The molecule has 0 aliphatic heterocycles. The second-order valence-electron chi connectivity index (χ2n) is 5.09. The van der Waals surface area contributed by atoms with Crippen molar-refractivity contribution in [1.82, 2.24) is 4.98 Å². The maximum Gasteiger partial charge on any atom is 0.347 e. The predicted molar refractivity (Wildman–Crippen MR) is 89.4 cm³/mol. The Bertz CT molecular complexity index is 975. The number of carboxylic acids is 1. The van der Waals surface area contributed by atoms with E-state index in [9.17, 15) is 14.4 Å². The first-order valence-corrected chi connectivity index (χ1v) is 7.83. The lowest BCUT2D eigenvalue weighted by atomic mass is 9.98. The number of aromatic carboxylic acids is 1. The van der Waals surface area contributed by atoms with E-state index in [4.69, 9.17) is 5.11 Å². The second-order valence-corrected chi connectivity index (χ2v) is 6.09. The van der Waals surface area contributed by atoms with E-state index in [-0.39, 0.29) is 15.4 Å². The number of carbonyl (C=O) groups is 1. The molecule has 0 bridgehead atoms. The number of thiazole rings is 1. The summed E-state index contributed by atoms with van der Waals surface area (Å²) in [5.74, 6) is -1.64. The molecular formula is C18H11FN2O2S. The number of nitriles is 1. The van der Waals surface area contributed by atoms with Crippen LogP contribution < -0.4 is 0 Å². The van der Waals surface area contributed by atoms with Crippen LogP contribution >= 0.6 is 11.3 Å². The normalized spacial score (nSPS) is 10.4. The predicted octanol–water partition coefficient (Wildman–Crippen LogP) is 4.49. The number of hydrogen-bond donors (Lipinski definition) is 1. The highest BCUT2D eigenvalue weighted by Gasteiger charge is 2.19. The van der Waals surface area contributed by atoms with E-state index in [0.717, 1.165) is 16.9 Å². The molecule has 4 nitrogen and oxygen atoms in total. The Balaban J connectivity index is 2.17. The van der Waals surface area contributed by atoms with Crippen LogP contribution in [0.15, 0.2) is 42.5 Å². The molecule has 0 saturated carbocycles. The van der Waals surface area contributed by atoms with Crippen LogP contribution in [-0.4, -0.2) is 16.1 Å². The Kier molecular flexibility index (Phi) is 4.11. The molecule has 24 heavy (non-hydrogen) atoms. The fourth-order valence-corrected chi connectivity index (χ4v) is 3.32. The van der Waals surface area contributed by atoms with Crippen molar-refractivity contribution in [2.75, 3.05) is 0 Å². The molecule has 0 aliphatic rings. The molecule has 0 spiro atoms. The van der Waals surface area contributed by atoms with Crippen LogP contribution in [0.2, 0.25) is 0 Å². The summed E-state index contributed by atoms with van der Waals surface area (Å²) in [6.45, 7) is 1.56. The van der Waals surface area contributed by atoms with Crippen molar-refractivity contribution in [2.45, 2.75) is 6.92 Å². The standard InChI is InChI=1S/C18H11FN2O2S/c1-10-16(18(22)23)24-17(21-10)14-7-12(9-20)13(8-15(14)19)11-5-3-2-4-6-11/h2-8H,1H3,(H,22,23). The van der Waals surface area contributed by atoms with Gasteiger partial charge in [-0.05, 0) is 24.6 Å². The lowest BCUT2D eigenvalue weighted by Crippen LogP contribution is -1.94. The zero-order valence-electron chi connectivity index (χ0n) is 12.6. The number of aromatic nitrogens is 1. The van der Waals surface area contributed by atoms with E-state index in [1.807, 2.05) is 18.2 Å². The smallest absolute Gasteiger partial charge is 0.347 e. The first-order valence-electron chi connectivity index (χ1n) is 7.01. The van der Waals surface area contributed by atoms with Gasteiger partial charge in [-0.1, -0.05) is 30.3 Å². The van der Waals surface area contributed by atoms with Crippen molar-refractivity contribution in [1.29, 1.82) is 5.26 Å². The first kappa shape index (κ1) is 15.8. The van der Waals surface area contributed by atoms with Crippen LogP contribution in [0, 0.1) is 24.1 Å². The molecule has 0 atom stereocenters. The first-order chi connectivity index (χ1) is 11.5. The third kappa shape index (κ3) is 2.77. The van der Waals surface area contributed by atoms with Crippen LogP contribution in [0.1, 0.15) is 20.9 Å². The highest BCUT2D eigenvalue weighted by molar-refractivity contribution is 7.17. The van der Waals surface area contributed by atoms with Gasteiger partial charge in [0.2, 0.25) is 0 Å². The topological polar surface area (TPSA) is 74.0 Å². The van der Waals surface area contributed by atoms with Gasteiger partial charge in [0.05, 0.1) is 17.3 Å². The van der Waals surface area contributed by atoms with Gasteiger partial charge in [-0.2, -0.15) is 5.26 Å². The maximum absolute atomic E-state index is 14.6. The molecule has 0 aliphatic carbocycles. The average Bonchev–Trinajstić information content (AvgIpc) is 2.97. The van der Waals surface area contributed by atoms with E-state index in [0.29, 0.717) is 16.8 Å². The van der Waals surface area contributed by atoms with Crippen LogP contribution in [0.25, 0.3) is 21.7 Å². The summed E-state index contributed by atoms with van der Waals surface area (Å²) in [6.07, 6.45) is 0. The number of benzene rings is 2. The molecule has 118 valence electrons.